The summed E-state index contributed by atoms with van der Waals surface area (Å²) in [5.74, 6) is 0.790. The van der Waals surface area contributed by atoms with Gasteiger partial charge in [0.15, 0.2) is 0 Å². The van der Waals surface area contributed by atoms with Gasteiger partial charge in [-0.15, -0.1) is 0 Å². The second kappa shape index (κ2) is 3.45. The Labute approximate surface area is 89.9 Å². The zero-order chi connectivity index (χ0) is 9.26. The van der Waals surface area contributed by atoms with Gasteiger partial charge >= 0.3 is 0 Å². The zero-order valence-electron chi connectivity index (χ0n) is 7.11. The average molecular weight is 285 g/mol. The molecule has 0 amide bonds. The predicted octanol–water partition coefficient (Wildman–Crippen LogP) is 2.18. The van der Waals surface area contributed by atoms with Crippen molar-refractivity contribution in [2.24, 2.45) is 0 Å². The van der Waals surface area contributed by atoms with Crippen molar-refractivity contribution in [1.29, 1.82) is 0 Å². The molecule has 0 aliphatic rings. The van der Waals surface area contributed by atoms with Crippen LogP contribution >= 0.6 is 22.6 Å². The lowest BCUT2D eigenvalue weighted by molar-refractivity contribution is 0.862. The summed E-state index contributed by atoms with van der Waals surface area (Å²) in [7, 11) is 0. The molecule has 0 aliphatic carbocycles. The van der Waals surface area contributed by atoms with Gasteiger partial charge < -0.3 is 0 Å². The number of benzene rings is 1. The van der Waals surface area contributed by atoms with E-state index in [1.54, 1.807) is 11.0 Å². The molecule has 2 aromatic rings. The molecule has 1 aromatic heterocycles. The Hall–Kier alpha value is -0.910. The molecule has 0 fully saturated rings. The van der Waals surface area contributed by atoms with Gasteiger partial charge in [0.1, 0.15) is 12.2 Å². The van der Waals surface area contributed by atoms with E-state index >= 15 is 0 Å². The van der Waals surface area contributed by atoms with E-state index < -0.39 is 0 Å². The maximum Gasteiger partial charge on any atom is 0.147 e. The molecule has 0 bridgehead atoms. The summed E-state index contributed by atoms with van der Waals surface area (Å²) < 4.78 is 2.99. The molecule has 0 saturated heterocycles. The molecule has 66 valence electrons. The highest BCUT2D eigenvalue weighted by atomic mass is 127. The molecule has 0 saturated carbocycles. The van der Waals surface area contributed by atoms with Crippen LogP contribution in [0, 0.1) is 10.5 Å². The van der Waals surface area contributed by atoms with Gasteiger partial charge in [-0.1, -0.05) is 0 Å². The molecule has 0 unspecified atom stereocenters. The van der Waals surface area contributed by atoms with Crippen LogP contribution in [0.1, 0.15) is 5.82 Å². The number of rotatable bonds is 1. The third-order valence-corrected chi connectivity index (χ3v) is 2.42. The van der Waals surface area contributed by atoms with Gasteiger partial charge in [-0.05, 0) is 53.8 Å². The van der Waals surface area contributed by atoms with Crippen molar-refractivity contribution in [3.05, 3.63) is 40.0 Å². The van der Waals surface area contributed by atoms with Crippen LogP contribution in [-0.2, 0) is 0 Å². The van der Waals surface area contributed by atoms with Crippen LogP contribution in [0.2, 0.25) is 0 Å². The second-order valence-electron chi connectivity index (χ2n) is 2.71. The van der Waals surface area contributed by atoms with Crippen LogP contribution in [0.5, 0.6) is 0 Å². The van der Waals surface area contributed by atoms with Crippen molar-refractivity contribution < 1.29 is 0 Å². The number of hydrogen-bond acceptors (Lipinski definition) is 2. The van der Waals surface area contributed by atoms with Gasteiger partial charge in [-0.2, -0.15) is 5.10 Å². The predicted molar refractivity (Wildman–Crippen MR) is 58.8 cm³/mol. The first-order valence-corrected chi connectivity index (χ1v) is 4.98. The summed E-state index contributed by atoms with van der Waals surface area (Å²) >= 11 is 2.28. The van der Waals surface area contributed by atoms with E-state index in [4.69, 9.17) is 0 Å². The minimum atomic E-state index is 0.790. The summed E-state index contributed by atoms with van der Waals surface area (Å²) in [5.41, 5.74) is 1.04. The number of aryl methyl sites for hydroxylation is 1. The summed E-state index contributed by atoms with van der Waals surface area (Å²) in [6.07, 6.45) is 1.72. The van der Waals surface area contributed by atoms with Gasteiger partial charge in [0.05, 0.1) is 5.69 Å². The molecule has 0 aliphatic heterocycles. The fourth-order valence-corrected chi connectivity index (χ4v) is 1.42. The van der Waals surface area contributed by atoms with Crippen molar-refractivity contribution >= 4 is 22.6 Å². The molecular formula is C9H8IN3. The minimum Gasteiger partial charge on any atom is -0.221 e. The first kappa shape index (κ1) is 8.68. The van der Waals surface area contributed by atoms with Gasteiger partial charge in [0.2, 0.25) is 0 Å². The fourth-order valence-electron chi connectivity index (χ4n) is 1.06. The summed E-state index contributed by atoms with van der Waals surface area (Å²) in [5, 5.41) is 4.21. The summed E-state index contributed by atoms with van der Waals surface area (Å²) in [6.45, 7) is 1.88. The lowest BCUT2D eigenvalue weighted by Gasteiger charge is -1.98. The second-order valence-corrected chi connectivity index (χ2v) is 3.96. The van der Waals surface area contributed by atoms with E-state index in [9.17, 15) is 0 Å². The van der Waals surface area contributed by atoms with Gasteiger partial charge in [0, 0.05) is 3.57 Å². The van der Waals surface area contributed by atoms with E-state index in [2.05, 4.69) is 32.7 Å². The van der Waals surface area contributed by atoms with Crippen molar-refractivity contribution in [3.63, 3.8) is 0 Å². The van der Waals surface area contributed by atoms with Crippen LogP contribution in [0.4, 0.5) is 0 Å². The Balaban J connectivity index is 2.41. The Kier molecular flexibility index (Phi) is 2.30. The van der Waals surface area contributed by atoms with Crippen LogP contribution in [0.15, 0.2) is 30.6 Å². The normalized spacial score (nSPS) is 10.3. The highest BCUT2D eigenvalue weighted by molar-refractivity contribution is 14.1. The van der Waals surface area contributed by atoms with Crippen LogP contribution in [0.25, 0.3) is 5.69 Å². The lowest BCUT2D eigenvalue weighted by Crippen LogP contribution is -1.94. The Morgan fingerprint density at radius 3 is 2.46 bits per heavy atom. The SMILES string of the molecule is Cc1ncn(-c2ccc(I)cc2)n1. The lowest BCUT2D eigenvalue weighted by atomic mass is 10.3. The van der Waals surface area contributed by atoms with Gasteiger partial charge in [-0.25, -0.2) is 9.67 Å². The molecule has 3 nitrogen and oxygen atoms in total. The van der Waals surface area contributed by atoms with Crippen molar-refractivity contribution in [2.45, 2.75) is 6.92 Å². The number of hydrogen-bond donors (Lipinski definition) is 0. The molecule has 0 atom stereocenters. The number of halogens is 1. The molecular weight excluding hydrogens is 277 g/mol. The molecule has 0 spiro atoms. The van der Waals surface area contributed by atoms with E-state index in [1.807, 2.05) is 31.2 Å². The topological polar surface area (TPSA) is 30.7 Å². The zero-order valence-corrected chi connectivity index (χ0v) is 9.26. The van der Waals surface area contributed by atoms with Crippen LogP contribution < -0.4 is 0 Å². The molecule has 2 rings (SSSR count). The largest absolute Gasteiger partial charge is 0.221 e. The maximum absolute atomic E-state index is 4.21. The van der Waals surface area contributed by atoms with Crippen molar-refractivity contribution in [2.75, 3.05) is 0 Å². The molecule has 4 heteroatoms. The molecule has 1 heterocycles. The standard InChI is InChI=1S/C9H8IN3/c1-7-11-6-13(12-7)9-4-2-8(10)3-5-9/h2-6H,1H3. The van der Waals surface area contributed by atoms with E-state index in [0.29, 0.717) is 0 Å². The number of aromatic nitrogens is 3. The highest BCUT2D eigenvalue weighted by Crippen LogP contribution is 2.09. The fraction of sp³-hybridized carbons (Fsp3) is 0.111. The summed E-state index contributed by atoms with van der Waals surface area (Å²) in [6, 6.07) is 8.14. The van der Waals surface area contributed by atoms with E-state index in [-0.39, 0.29) is 0 Å². The Morgan fingerprint density at radius 1 is 1.23 bits per heavy atom. The third kappa shape index (κ3) is 1.88. The quantitative estimate of drug-likeness (QED) is 0.752. The number of nitrogens with zero attached hydrogens (tertiary/aromatic N) is 3. The monoisotopic (exact) mass is 285 g/mol. The van der Waals surface area contributed by atoms with Gasteiger partial charge in [0.25, 0.3) is 0 Å². The van der Waals surface area contributed by atoms with Crippen molar-refractivity contribution in [3.8, 4) is 5.69 Å². The minimum absolute atomic E-state index is 0.790. The maximum atomic E-state index is 4.21. The van der Waals surface area contributed by atoms with E-state index in [0.717, 1.165) is 11.5 Å². The molecule has 13 heavy (non-hydrogen) atoms. The van der Waals surface area contributed by atoms with Crippen LogP contribution in [0.3, 0.4) is 0 Å². The first-order chi connectivity index (χ1) is 6.25. The average Bonchev–Trinajstić information content (AvgIpc) is 2.53. The van der Waals surface area contributed by atoms with E-state index in [1.165, 1.54) is 3.57 Å². The smallest absolute Gasteiger partial charge is 0.147 e. The molecule has 0 N–H and O–H groups in total. The first-order valence-electron chi connectivity index (χ1n) is 3.90. The van der Waals surface area contributed by atoms with Crippen molar-refractivity contribution in [1.82, 2.24) is 14.8 Å². The Morgan fingerprint density at radius 2 is 1.92 bits per heavy atom. The molecule has 1 aromatic carbocycles. The summed E-state index contributed by atoms with van der Waals surface area (Å²) in [4.78, 5) is 4.07. The Bertz CT molecular complexity index is 405. The molecule has 0 radical (unpaired) electrons. The highest BCUT2D eigenvalue weighted by Gasteiger charge is 1.97. The third-order valence-electron chi connectivity index (χ3n) is 1.70. The van der Waals surface area contributed by atoms with Crippen LogP contribution in [-0.4, -0.2) is 14.8 Å². The van der Waals surface area contributed by atoms with Gasteiger partial charge in [-0.3, -0.25) is 0 Å².